The standard InChI is InChI=1S/C12H23N5O2S/c1-16(2)6-7-17(3)11(18)9-10(13)15-12(20-9)14-5-8-19-4/h5-8,13H2,1-4H3,(H,14,15). The Kier molecular flexibility index (Phi) is 6.69. The molecular formula is C12H23N5O2S. The highest BCUT2D eigenvalue weighted by Crippen LogP contribution is 2.25. The summed E-state index contributed by atoms with van der Waals surface area (Å²) in [5, 5.41) is 3.72. The van der Waals surface area contributed by atoms with Gasteiger partial charge in [-0.3, -0.25) is 4.79 Å². The van der Waals surface area contributed by atoms with Crippen LogP contribution in [-0.4, -0.2) is 75.2 Å². The van der Waals surface area contributed by atoms with Crippen molar-refractivity contribution in [3.63, 3.8) is 0 Å². The summed E-state index contributed by atoms with van der Waals surface area (Å²) in [5.41, 5.74) is 5.81. The maximum Gasteiger partial charge on any atom is 0.267 e. The Morgan fingerprint density at radius 2 is 2.10 bits per heavy atom. The number of likely N-dealkylation sites (N-methyl/N-ethyl adjacent to an activating group) is 2. The number of ether oxygens (including phenoxy) is 1. The molecule has 0 aromatic carbocycles. The summed E-state index contributed by atoms with van der Waals surface area (Å²) in [7, 11) is 7.34. The van der Waals surface area contributed by atoms with E-state index in [0.29, 0.717) is 29.7 Å². The van der Waals surface area contributed by atoms with Gasteiger partial charge in [0.1, 0.15) is 10.7 Å². The van der Waals surface area contributed by atoms with Crippen LogP contribution in [0.5, 0.6) is 0 Å². The molecule has 1 heterocycles. The van der Waals surface area contributed by atoms with Crippen molar-refractivity contribution in [3.8, 4) is 0 Å². The van der Waals surface area contributed by atoms with Crippen molar-refractivity contribution in [3.05, 3.63) is 4.88 Å². The van der Waals surface area contributed by atoms with Crippen molar-refractivity contribution < 1.29 is 9.53 Å². The van der Waals surface area contributed by atoms with E-state index in [0.717, 1.165) is 6.54 Å². The normalized spacial score (nSPS) is 10.8. The molecular weight excluding hydrogens is 278 g/mol. The molecule has 7 nitrogen and oxygen atoms in total. The Morgan fingerprint density at radius 1 is 1.40 bits per heavy atom. The Hall–Kier alpha value is -1.38. The summed E-state index contributed by atoms with van der Waals surface area (Å²) >= 11 is 1.27. The smallest absolute Gasteiger partial charge is 0.267 e. The SMILES string of the molecule is COCCNc1nc(N)c(C(=O)N(C)CCN(C)C)s1. The maximum atomic E-state index is 12.3. The van der Waals surface area contributed by atoms with Gasteiger partial charge in [-0.25, -0.2) is 4.98 Å². The van der Waals surface area contributed by atoms with E-state index in [9.17, 15) is 4.79 Å². The predicted molar refractivity (Wildman–Crippen MR) is 82.4 cm³/mol. The zero-order chi connectivity index (χ0) is 15.1. The van der Waals surface area contributed by atoms with Crippen molar-refractivity contribution in [2.75, 3.05) is 65.5 Å². The molecule has 1 aromatic rings. The molecule has 0 unspecified atom stereocenters. The Bertz CT molecular complexity index is 435. The summed E-state index contributed by atoms with van der Waals surface area (Å²) < 4.78 is 4.94. The third kappa shape index (κ3) is 4.95. The van der Waals surface area contributed by atoms with Gasteiger partial charge in [-0.15, -0.1) is 0 Å². The molecule has 0 atom stereocenters. The van der Waals surface area contributed by atoms with Gasteiger partial charge in [-0.1, -0.05) is 11.3 Å². The fourth-order valence-electron chi connectivity index (χ4n) is 1.45. The highest BCUT2D eigenvalue weighted by Gasteiger charge is 2.19. The molecule has 1 amide bonds. The number of anilines is 2. The monoisotopic (exact) mass is 301 g/mol. The number of carbonyl (C=O) groups excluding carboxylic acids is 1. The van der Waals surface area contributed by atoms with Gasteiger partial charge < -0.3 is 25.6 Å². The van der Waals surface area contributed by atoms with Gasteiger partial charge in [0.2, 0.25) is 0 Å². The number of nitrogens with zero attached hydrogens (tertiary/aromatic N) is 3. The van der Waals surface area contributed by atoms with Crippen molar-refractivity contribution in [1.29, 1.82) is 0 Å². The zero-order valence-corrected chi connectivity index (χ0v) is 13.3. The van der Waals surface area contributed by atoms with Gasteiger partial charge in [0.25, 0.3) is 5.91 Å². The van der Waals surface area contributed by atoms with E-state index in [-0.39, 0.29) is 11.7 Å². The number of hydrogen-bond acceptors (Lipinski definition) is 7. The largest absolute Gasteiger partial charge is 0.383 e. The first-order chi connectivity index (χ1) is 9.45. The average molecular weight is 301 g/mol. The van der Waals surface area contributed by atoms with Gasteiger partial charge in [-0.05, 0) is 14.1 Å². The van der Waals surface area contributed by atoms with E-state index in [2.05, 4.69) is 10.3 Å². The molecule has 0 saturated heterocycles. The van der Waals surface area contributed by atoms with Crippen LogP contribution in [0.25, 0.3) is 0 Å². The van der Waals surface area contributed by atoms with E-state index in [1.807, 2.05) is 19.0 Å². The van der Waals surface area contributed by atoms with Crippen LogP contribution in [-0.2, 0) is 4.74 Å². The van der Waals surface area contributed by atoms with Crippen LogP contribution in [0.1, 0.15) is 9.67 Å². The van der Waals surface area contributed by atoms with E-state index in [1.165, 1.54) is 11.3 Å². The van der Waals surface area contributed by atoms with Crippen LogP contribution in [0.15, 0.2) is 0 Å². The Balaban J connectivity index is 2.63. The number of carbonyl (C=O) groups is 1. The molecule has 3 N–H and O–H groups in total. The van der Waals surface area contributed by atoms with Crippen LogP contribution in [0.2, 0.25) is 0 Å². The van der Waals surface area contributed by atoms with Crippen molar-refractivity contribution >= 4 is 28.2 Å². The van der Waals surface area contributed by atoms with Gasteiger partial charge in [0.05, 0.1) is 6.61 Å². The van der Waals surface area contributed by atoms with Gasteiger partial charge in [0.15, 0.2) is 5.13 Å². The number of methoxy groups -OCH3 is 1. The minimum Gasteiger partial charge on any atom is -0.383 e. The number of rotatable bonds is 8. The molecule has 0 saturated carbocycles. The van der Waals surface area contributed by atoms with Crippen molar-refractivity contribution in [2.45, 2.75) is 0 Å². The number of amides is 1. The van der Waals surface area contributed by atoms with Gasteiger partial charge in [-0.2, -0.15) is 0 Å². The fraction of sp³-hybridized carbons (Fsp3) is 0.667. The van der Waals surface area contributed by atoms with E-state index < -0.39 is 0 Å². The molecule has 1 rings (SSSR count). The quantitative estimate of drug-likeness (QED) is 0.677. The first-order valence-corrected chi connectivity index (χ1v) is 7.16. The van der Waals surface area contributed by atoms with Crippen LogP contribution in [0.4, 0.5) is 10.9 Å². The van der Waals surface area contributed by atoms with Crippen LogP contribution in [0, 0.1) is 0 Å². The molecule has 114 valence electrons. The highest BCUT2D eigenvalue weighted by atomic mass is 32.1. The van der Waals surface area contributed by atoms with Crippen molar-refractivity contribution in [1.82, 2.24) is 14.8 Å². The molecule has 20 heavy (non-hydrogen) atoms. The molecule has 0 bridgehead atoms. The van der Waals surface area contributed by atoms with Gasteiger partial charge >= 0.3 is 0 Å². The number of hydrogen-bond donors (Lipinski definition) is 2. The molecule has 1 aromatic heterocycles. The highest BCUT2D eigenvalue weighted by molar-refractivity contribution is 7.18. The fourth-order valence-corrected chi connectivity index (χ4v) is 2.35. The molecule has 0 spiro atoms. The lowest BCUT2D eigenvalue weighted by molar-refractivity contribution is 0.0792. The van der Waals surface area contributed by atoms with E-state index in [1.54, 1.807) is 19.1 Å². The predicted octanol–water partition coefficient (Wildman–Crippen LogP) is 0.417. The second-order valence-corrected chi connectivity index (χ2v) is 5.68. The number of nitrogens with one attached hydrogen (secondary N) is 1. The van der Waals surface area contributed by atoms with E-state index >= 15 is 0 Å². The Labute approximate surface area is 123 Å². The molecule has 0 aliphatic rings. The summed E-state index contributed by atoms with van der Waals surface area (Å²) in [5.74, 6) is 0.179. The molecule has 0 aliphatic carbocycles. The number of nitrogen functional groups attached to an aromatic ring is 1. The van der Waals surface area contributed by atoms with Crippen LogP contribution >= 0.6 is 11.3 Å². The Morgan fingerprint density at radius 3 is 2.70 bits per heavy atom. The lowest BCUT2D eigenvalue weighted by atomic mass is 10.4. The summed E-state index contributed by atoms with van der Waals surface area (Å²) in [6.07, 6.45) is 0. The van der Waals surface area contributed by atoms with Crippen LogP contribution < -0.4 is 11.1 Å². The summed E-state index contributed by atoms with van der Waals surface area (Å²) in [6, 6.07) is 0. The summed E-state index contributed by atoms with van der Waals surface area (Å²) in [4.78, 5) is 20.6. The third-order valence-electron chi connectivity index (χ3n) is 2.66. The number of thiazole rings is 1. The second-order valence-electron chi connectivity index (χ2n) is 4.68. The van der Waals surface area contributed by atoms with E-state index in [4.69, 9.17) is 10.5 Å². The number of aromatic nitrogens is 1. The lowest BCUT2D eigenvalue weighted by Gasteiger charge is -2.18. The third-order valence-corrected chi connectivity index (χ3v) is 3.68. The lowest BCUT2D eigenvalue weighted by Crippen LogP contribution is -2.33. The minimum absolute atomic E-state index is 0.0957. The minimum atomic E-state index is -0.0957. The maximum absolute atomic E-state index is 12.3. The number of nitrogens with two attached hydrogens (primary N) is 1. The zero-order valence-electron chi connectivity index (χ0n) is 12.5. The first kappa shape index (κ1) is 16.7. The second kappa shape index (κ2) is 8.03. The summed E-state index contributed by atoms with van der Waals surface area (Å²) in [6.45, 7) is 2.66. The molecule has 0 radical (unpaired) electrons. The molecule has 0 fully saturated rings. The van der Waals surface area contributed by atoms with Gasteiger partial charge in [0, 0.05) is 33.8 Å². The van der Waals surface area contributed by atoms with Crippen molar-refractivity contribution in [2.24, 2.45) is 0 Å². The topological polar surface area (TPSA) is 83.7 Å². The molecule has 0 aliphatic heterocycles. The first-order valence-electron chi connectivity index (χ1n) is 6.35. The molecule has 8 heteroatoms. The average Bonchev–Trinajstić information content (AvgIpc) is 2.76. The van der Waals surface area contributed by atoms with Crippen LogP contribution in [0.3, 0.4) is 0 Å².